The van der Waals surface area contributed by atoms with E-state index in [4.69, 9.17) is 4.74 Å². The molecule has 0 radical (unpaired) electrons. The van der Waals surface area contributed by atoms with Crippen LogP contribution in [-0.4, -0.2) is 47.8 Å². The predicted molar refractivity (Wildman–Crippen MR) is 80.1 cm³/mol. The molecule has 3 atom stereocenters. The van der Waals surface area contributed by atoms with E-state index in [0.717, 1.165) is 12.8 Å². The van der Waals surface area contributed by atoms with Gasteiger partial charge in [-0.05, 0) is 49.9 Å². The van der Waals surface area contributed by atoms with Crippen LogP contribution < -0.4 is 0 Å². The third kappa shape index (κ3) is 2.88. The number of benzene rings is 1. The summed E-state index contributed by atoms with van der Waals surface area (Å²) in [5, 5.41) is 10.2. The smallest absolute Gasteiger partial charge is 0.254 e. The number of hydrogen-bond donors (Lipinski definition) is 1. The summed E-state index contributed by atoms with van der Waals surface area (Å²) in [4.78, 5) is 14.7. The Bertz CT molecular complexity index is 563. The zero-order valence-corrected chi connectivity index (χ0v) is 12.8. The van der Waals surface area contributed by atoms with Crippen molar-refractivity contribution in [3.8, 4) is 0 Å². The molecule has 120 valence electrons. The lowest BCUT2D eigenvalue weighted by Crippen LogP contribution is -2.48. The Morgan fingerprint density at radius 2 is 2.23 bits per heavy atom. The highest BCUT2D eigenvalue weighted by molar-refractivity contribution is 5.96. The number of amides is 1. The number of nitrogens with zero attached hydrogens (tertiary/aromatic N) is 1. The zero-order valence-electron chi connectivity index (χ0n) is 12.8. The van der Waals surface area contributed by atoms with Gasteiger partial charge in [0.05, 0.1) is 12.7 Å². The summed E-state index contributed by atoms with van der Waals surface area (Å²) in [7, 11) is 0. The number of aryl methyl sites for hydroxylation is 1. The first-order valence-electron chi connectivity index (χ1n) is 7.91. The van der Waals surface area contributed by atoms with Gasteiger partial charge in [0.1, 0.15) is 5.82 Å². The van der Waals surface area contributed by atoms with Gasteiger partial charge in [-0.3, -0.25) is 4.79 Å². The average molecular weight is 307 g/mol. The van der Waals surface area contributed by atoms with Crippen LogP contribution in [0, 0.1) is 18.7 Å². The van der Waals surface area contributed by atoms with E-state index in [2.05, 4.69) is 0 Å². The monoisotopic (exact) mass is 307 g/mol. The van der Waals surface area contributed by atoms with Crippen LogP contribution in [0.3, 0.4) is 0 Å². The minimum Gasteiger partial charge on any atom is -0.393 e. The molecular formula is C17H22FNO3. The molecule has 2 aliphatic rings. The van der Waals surface area contributed by atoms with E-state index >= 15 is 0 Å². The molecule has 2 heterocycles. The molecule has 2 aliphatic heterocycles. The second-order valence-corrected chi connectivity index (χ2v) is 6.26. The van der Waals surface area contributed by atoms with Gasteiger partial charge in [-0.1, -0.05) is 0 Å². The number of halogens is 1. The van der Waals surface area contributed by atoms with Gasteiger partial charge >= 0.3 is 0 Å². The van der Waals surface area contributed by atoms with Crippen LogP contribution in [0.25, 0.3) is 0 Å². The van der Waals surface area contributed by atoms with Gasteiger partial charge in [0.25, 0.3) is 5.91 Å². The molecule has 5 heteroatoms. The number of carbonyl (C=O) groups excluding carboxylic acids is 1. The van der Waals surface area contributed by atoms with Crippen LogP contribution in [-0.2, 0) is 4.74 Å². The Morgan fingerprint density at radius 1 is 1.41 bits per heavy atom. The van der Waals surface area contributed by atoms with Gasteiger partial charge in [0.15, 0.2) is 0 Å². The van der Waals surface area contributed by atoms with Gasteiger partial charge in [-0.2, -0.15) is 0 Å². The largest absolute Gasteiger partial charge is 0.393 e. The molecule has 0 spiro atoms. The van der Waals surface area contributed by atoms with Gasteiger partial charge in [-0.15, -0.1) is 0 Å². The Kier molecular flexibility index (Phi) is 4.45. The van der Waals surface area contributed by atoms with Crippen LogP contribution in [0.1, 0.15) is 35.2 Å². The second kappa shape index (κ2) is 6.34. The van der Waals surface area contributed by atoms with E-state index < -0.39 is 6.10 Å². The lowest BCUT2D eigenvalue weighted by molar-refractivity contribution is -0.0589. The fourth-order valence-corrected chi connectivity index (χ4v) is 3.63. The maximum Gasteiger partial charge on any atom is 0.254 e. The molecule has 1 amide bonds. The highest BCUT2D eigenvalue weighted by atomic mass is 19.1. The molecule has 2 fully saturated rings. The number of aliphatic hydroxyl groups excluding tert-OH is 1. The van der Waals surface area contributed by atoms with E-state index in [-0.39, 0.29) is 23.7 Å². The van der Waals surface area contributed by atoms with Crippen LogP contribution in [0.15, 0.2) is 18.2 Å². The number of hydrogen-bond acceptors (Lipinski definition) is 3. The summed E-state index contributed by atoms with van der Waals surface area (Å²) >= 11 is 0. The number of ether oxygens (including phenoxy) is 1. The van der Waals surface area contributed by atoms with Gasteiger partial charge in [0.2, 0.25) is 0 Å². The summed E-state index contributed by atoms with van der Waals surface area (Å²) < 4.78 is 18.7. The molecule has 1 N–H and O–H groups in total. The quantitative estimate of drug-likeness (QED) is 0.910. The highest BCUT2D eigenvalue weighted by Crippen LogP contribution is 2.31. The normalized spacial score (nSPS) is 28.9. The van der Waals surface area contributed by atoms with Gasteiger partial charge in [0, 0.05) is 30.7 Å². The number of likely N-dealkylation sites (tertiary alicyclic amines) is 1. The van der Waals surface area contributed by atoms with E-state index in [0.29, 0.717) is 37.3 Å². The van der Waals surface area contributed by atoms with Crippen molar-refractivity contribution in [2.45, 2.75) is 38.3 Å². The van der Waals surface area contributed by atoms with E-state index in [9.17, 15) is 14.3 Å². The first kappa shape index (κ1) is 15.4. The van der Waals surface area contributed by atoms with Crippen molar-refractivity contribution in [1.82, 2.24) is 4.90 Å². The van der Waals surface area contributed by atoms with E-state index in [1.54, 1.807) is 13.0 Å². The molecule has 2 saturated heterocycles. The lowest BCUT2D eigenvalue weighted by atomic mass is 9.89. The predicted octanol–water partition coefficient (Wildman–Crippen LogP) is 2.14. The van der Waals surface area contributed by atoms with Crippen molar-refractivity contribution in [1.29, 1.82) is 0 Å². The summed E-state index contributed by atoms with van der Waals surface area (Å²) in [6.45, 7) is 3.51. The van der Waals surface area contributed by atoms with Crippen LogP contribution in [0.2, 0.25) is 0 Å². The second-order valence-electron chi connectivity index (χ2n) is 6.26. The van der Waals surface area contributed by atoms with Crippen LogP contribution in [0.4, 0.5) is 4.39 Å². The van der Waals surface area contributed by atoms with Crippen LogP contribution in [0.5, 0.6) is 0 Å². The molecule has 4 nitrogen and oxygen atoms in total. The maximum atomic E-state index is 13.2. The Labute approximate surface area is 129 Å². The summed E-state index contributed by atoms with van der Waals surface area (Å²) in [5.41, 5.74) is 1.19. The standard InChI is InChI=1S/C17H22FNO3/c1-11-9-12(18)4-5-13(11)17(21)19-7-2-3-15(19)14-10-22-8-6-16(14)20/h4-5,9,14-16,20H,2-3,6-8,10H2,1H3/t14-,15-,16-/m1/s1. The first-order chi connectivity index (χ1) is 10.6. The SMILES string of the molecule is Cc1cc(F)ccc1C(=O)N1CCC[C@@H]1[C@H]1COCC[C@H]1O. The third-order valence-electron chi connectivity index (χ3n) is 4.84. The fraction of sp³-hybridized carbons (Fsp3) is 0.588. The van der Waals surface area contributed by atoms with E-state index in [1.807, 2.05) is 4.90 Å². The fourth-order valence-electron chi connectivity index (χ4n) is 3.63. The third-order valence-corrected chi connectivity index (χ3v) is 4.84. The molecule has 0 bridgehead atoms. The lowest BCUT2D eigenvalue weighted by Gasteiger charge is -2.37. The van der Waals surface area contributed by atoms with Crippen molar-refractivity contribution in [2.24, 2.45) is 5.92 Å². The minimum atomic E-state index is -0.415. The van der Waals surface area contributed by atoms with Gasteiger partial charge in [-0.25, -0.2) is 4.39 Å². The molecule has 0 unspecified atom stereocenters. The maximum absolute atomic E-state index is 13.2. The number of aliphatic hydroxyl groups is 1. The number of rotatable bonds is 2. The minimum absolute atomic E-state index is 0.00672. The van der Waals surface area contributed by atoms with Crippen molar-refractivity contribution >= 4 is 5.91 Å². The van der Waals surface area contributed by atoms with Crippen molar-refractivity contribution in [3.05, 3.63) is 35.1 Å². The van der Waals surface area contributed by atoms with E-state index in [1.165, 1.54) is 12.1 Å². The number of carbonyl (C=O) groups is 1. The molecule has 22 heavy (non-hydrogen) atoms. The molecular weight excluding hydrogens is 285 g/mol. The van der Waals surface area contributed by atoms with Crippen molar-refractivity contribution < 1.29 is 19.0 Å². The Hall–Kier alpha value is -1.46. The molecule has 0 aliphatic carbocycles. The summed E-state index contributed by atoms with van der Waals surface area (Å²) in [6, 6.07) is 4.27. The van der Waals surface area contributed by atoms with Crippen molar-refractivity contribution in [2.75, 3.05) is 19.8 Å². The summed E-state index contributed by atoms with van der Waals surface area (Å²) in [5.74, 6) is -0.429. The molecule has 3 rings (SSSR count). The highest BCUT2D eigenvalue weighted by Gasteiger charge is 2.40. The molecule has 1 aromatic rings. The Balaban J connectivity index is 1.81. The first-order valence-corrected chi connectivity index (χ1v) is 7.91. The zero-order chi connectivity index (χ0) is 15.7. The average Bonchev–Trinajstić information content (AvgIpc) is 2.96. The Morgan fingerprint density at radius 3 is 2.95 bits per heavy atom. The molecule has 1 aromatic carbocycles. The van der Waals surface area contributed by atoms with Crippen molar-refractivity contribution in [3.63, 3.8) is 0 Å². The molecule has 0 saturated carbocycles. The van der Waals surface area contributed by atoms with Crippen LogP contribution >= 0.6 is 0 Å². The summed E-state index contributed by atoms with van der Waals surface area (Å²) in [6.07, 6.45) is 2.02. The van der Waals surface area contributed by atoms with Gasteiger partial charge < -0.3 is 14.7 Å². The topological polar surface area (TPSA) is 49.8 Å². The molecule has 0 aromatic heterocycles.